The first-order chi connectivity index (χ1) is 13.8. The number of fused-ring (bicyclic) bond motifs is 3. The summed E-state index contributed by atoms with van der Waals surface area (Å²) < 4.78 is 16.2. The minimum atomic E-state index is 0.557. The van der Waals surface area contributed by atoms with Crippen molar-refractivity contribution in [2.45, 2.75) is 0 Å². The average Bonchev–Trinajstić information content (AvgIpc) is 3.13. The number of ether oxygens (including phenoxy) is 3. The number of nitrogens with one attached hydrogen (secondary N) is 2. The molecule has 8 nitrogen and oxygen atoms in total. The Morgan fingerprint density at radius 3 is 2.54 bits per heavy atom. The van der Waals surface area contributed by atoms with Gasteiger partial charge in [0.15, 0.2) is 17.3 Å². The van der Waals surface area contributed by atoms with Crippen LogP contribution in [0.1, 0.15) is 5.56 Å². The number of nitrogens with zero attached hydrogens (tertiary/aromatic N) is 3. The third-order valence-corrected chi connectivity index (χ3v) is 4.40. The standard InChI is InChI=1S/C20H19N5O3/c1-26-14-8-5-7-13-16(14)17-18(24-13)20(22-11-21-17)25-23-10-12-6-4-9-15(27-2)19(12)28-3/h4-11,24H,1-3H3,(H,21,22,25). The van der Waals surface area contributed by atoms with Gasteiger partial charge in [-0.05, 0) is 24.3 Å². The van der Waals surface area contributed by atoms with Gasteiger partial charge in [-0.3, -0.25) is 5.43 Å². The number of hydrogen-bond donors (Lipinski definition) is 2. The van der Waals surface area contributed by atoms with Gasteiger partial charge in [0.05, 0.1) is 38.4 Å². The van der Waals surface area contributed by atoms with Crippen molar-refractivity contribution in [1.82, 2.24) is 15.0 Å². The van der Waals surface area contributed by atoms with Gasteiger partial charge >= 0.3 is 0 Å². The Bertz CT molecular complexity index is 1170. The lowest BCUT2D eigenvalue weighted by Crippen LogP contribution is -1.98. The van der Waals surface area contributed by atoms with E-state index < -0.39 is 0 Å². The molecular weight excluding hydrogens is 358 g/mol. The maximum absolute atomic E-state index is 5.46. The lowest BCUT2D eigenvalue weighted by Gasteiger charge is -2.09. The molecule has 2 aromatic carbocycles. The maximum Gasteiger partial charge on any atom is 0.174 e. The van der Waals surface area contributed by atoms with Crippen molar-refractivity contribution in [1.29, 1.82) is 0 Å². The molecule has 0 atom stereocenters. The minimum absolute atomic E-state index is 0.557. The van der Waals surface area contributed by atoms with Crippen LogP contribution in [0.4, 0.5) is 5.82 Å². The molecule has 0 unspecified atom stereocenters. The molecule has 0 radical (unpaired) electrons. The zero-order valence-corrected chi connectivity index (χ0v) is 15.7. The van der Waals surface area contributed by atoms with Gasteiger partial charge in [0.1, 0.15) is 23.1 Å². The summed E-state index contributed by atoms with van der Waals surface area (Å²) in [4.78, 5) is 12.0. The van der Waals surface area contributed by atoms with Gasteiger partial charge in [-0.1, -0.05) is 12.1 Å². The van der Waals surface area contributed by atoms with Gasteiger partial charge in [-0.25, -0.2) is 9.97 Å². The van der Waals surface area contributed by atoms with E-state index in [9.17, 15) is 0 Å². The summed E-state index contributed by atoms with van der Waals surface area (Å²) in [6.07, 6.45) is 3.14. The monoisotopic (exact) mass is 377 g/mol. The molecule has 2 heterocycles. The number of methoxy groups -OCH3 is 3. The Hall–Kier alpha value is -3.81. The quantitative estimate of drug-likeness (QED) is 0.394. The summed E-state index contributed by atoms with van der Waals surface area (Å²) in [6.45, 7) is 0. The molecule has 0 saturated heterocycles. The highest BCUT2D eigenvalue weighted by Crippen LogP contribution is 2.34. The lowest BCUT2D eigenvalue weighted by molar-refractivity contribution is 0.354. The van der Waals surface area contributed by atoms with Crippen molar-refractivity contribution in [3.05, 3.63) is 48.3 Å². The van der Waals surface area contributed by atoms with Gasteiger partial charge in [0, 0.05) is 5.56 Å². The lowest BCUT2D eigenvalue weighted by atomic mass is 10.2. The number of H-pyrrole nitrogens is 1. The van der Waals surface area contributed by atoms with Crippen LogP contribution in [-0.2, 0) is 0 Å². The topological polar surface area (TPSA) is 93.7 Å². The fraction of sp³-hybridized carbons (Fsp3) is 0.150. The van der Waals surface area contributed by atoms with Crippen molar-refractivity contribution in [3.8, 4) is 17.2 Å². The zero-order chi connectivity index (χ0) is 19.5. The van der Waals surface area contributed by atoms with Crippen molar-refractivity contribution in [2.75, 3.05) is 26.8 Å². The van der Waals surface area contributed by atoms with Gasteiger partial charge in [-0.15, -0.1) is 0 Å². The van der Waals surface area contributed by atoms with Gasteiger partial charge in [0.25, 0.3) is 0 Å². The minimum Gasteiger partial charge on any atom is -0.496 e. The van der Waals surface area contributed by atoms with E-state index in [1.807, 2.05) is 36.4 Å². The van der Waals surface area contributed by atoms with E-state index >= 15 is 0 Å². The van der Waals surface area contributed by atoms with Crippen LogP contribution in [0.2, 0.25) is 0 Å². The van der Waals surface area contributed by atoms with Gasteiger partial charge < -0.3 is 19.2 Å². The van der Waals surface area contributed by atoms with E-state index in [4.69, 9.17) is 14.2 Å². The molecule has 2 aromatic heterocycles. The summed E-state index contributed by atoms with van der Waals surface area (Å²) >= 11 is 0. The number of hydrogen-bond acceptors (Lipinski definition) is 7. The maximum atomic E-state index is 5.46. The summed E-state index contributed by atoms with van der Waals surface area (Å²) in [7, 11) is 4.83. The van der Waals surface area contributed by atoms with Crippen LogP contribution < -0.4 is 19.6 Å². The molecule has 8 heteroatoms. The van der Waals surface area contributed by atoms with Crippen molar-refractivity contribution < 1.29 is 14.2 Å². The summed E-state index contributed by atoms with van der Waals surface area (Å²) in [6, 6.07) is 11.4. The number of anilines is 1. The first kappa shape index (κ1) is 17.6. The number of aromatic amines is 1. The highest BCUT2D eigenvalue weighted by atomic mass is 16.5. The SMILES string of the molecule is COc1cccc(C=NNc2ncnc3c2[nH]c2cccc(OC)c23)c1OC. The predicted octanol–water partition coefficient (Wildman–Crippen LogP) is 3.58. The van der Waals surface area contributed by atoms with Crippen LogP contribution >= 0.6 is 0 Å². The Balaban J connectivity index is 1.71. The number of para-hydroxylation sites is 1. The molecule has 0 saturated carbocycles. The predicted molar refractivity (Wildman–Crippen MR) is 109 cm³/mol. The van der Waals surface area contributed by atoms with Crippen LogP contribution in [0.5, 0.6) is 17.2 Å². The molecule has 2 N–H and O–H groups in total. The number of aromatic nitrogens is 3. The molecule has 142 valence electrons. The van der Waals surface area contributed by atoms with Crippen LogP contribution in [0.3, 0.4) is 0 Å². The molecular formula is C20H19N5O3. The van der Waals surface area contributed by atoms with Crippen LogP contribution in [0.15, 0.2) is 47.8 Å². The molecule has 4 rings (SSSR count). The van der Waals surface area contributed by atoms with Gasteiger partial charge in [-0.2, -0.15) is 5.10 Å². The van der Waals surface area contributed by atoms with E-state index in [-0.39, 0.29) is 0 Å². The van der Waals surface area contributed by atoms with Crippen LogP contribution in [0.25, 0.3) is 21.9 Å². The highest BCUT2D eigenvalue weighted by Gasteiger charge is 2.14. The molecule has 28 heavy (non-hydrogen) atoms. The highest BCUT2D eigenvalue weighted by molar-refractivity contribution is 6.11. The van der Waals surface area contributed by atoms with Crippen molar-refractivity contribution in [3.63, 3.8) is 0 Å². The Kier molecular flexibility index (Phi) is 4.67. The molecule has 0 aliphatic heterocycles. The fourth-order valence-electron chi connectivity index (χ4n) is 3.14. The zero-order valence-electron chi connectivity index (χ0n) is 15.7. The van der Waals surface area contributed by atoms with E-state index in [0.29, 0.717) is 17.3 Å². The van der Waals surface area contributed by atoms with Gasteiger partial charge in [0.2, 0.25) is 0 Å². The summed E-state index contributed by atoms with van der Waals surface area (Å²) in [5.41, 5.74) is 6.17. The van der Waals surface area contributed by atoms with Crippen molar-refractivity contribution >= 4 is 34.0 Å². The van der Waals surface area contributed by atoms with Crippen LogP contribution in [-0.4, -0.2) is 42.5 Å². The van der Waals surface area contributed by atoms with Crippen LogP contribution in [0, 0.1) is 0 Å². The summed E-state index contributed by atoms with van der Waals surface area (Å²) in [5.74, 6) is 2.55. The largest absolute Gasteiger partial charge is 0.496 e. The Labute approximate surface area is 161 Å². The normalized spacial score (nSPS) is 11.2. The number of hydrazone groups is 1. The number of benzene rings is 2. The fourth-order valence-corrected chi connectivity index (χ4v) is 3.14. The molecule has 0 aliphatic rings. The van der Waals surface area contributed by atoms with E-state index in [2.05, 4.69) is 25.5 Å². The smallest absolute Gasteiger partial charge is 0.174 e. The Morgan fingerprint density at radius 1 is 0.964 bits per heavy atom. The van der Waals surface area contributed by atoms with Crippen molar-refractivity contribution in [2.24, 2.45) is 5.10 Å². The second-order valence-corrected chi connectivity index (χ2v) is 5.91. The van der Waals surface area contributed by atoms with E-state index in [1.165, 1.54) is 6.33 Å². The first-order valence-electron chi connectivity index (χ1n) is 8.56. The third kappa shape index (κ3) is 2.94. The molecule has 0 fully saturated rings. The van der Waals surface area contributed by atoms with E-state index in [0.717, 1.165) is 33.2 Å². The number of rotatable bonds is 6. The Morgan fingerprint density at radius 2 is 1.75 bits per heavy atom. The third-order valence-electron chi connectivity index (χ3n) is 4.40. The van der Waals surface area contributed by atoms with E-state index in [1.54, 1.807) is 27.5 Å². The molecule has 0 amide bonds. The first-order valence-corrected chi connectivity index (χ1v) is 8.56. The summed E-state index contributed by atoms with van der Waals surface area (Å²) in [5, 5.41) is 5.21. The molecule has 0 bridgehead atoms. The molecule has 4 aromatic rings. The molecule has 0 aliphatic carbocycles. The average molecular weight is 377 g/mol. The second kappa shape index (κ2) is 7.43. The second-order valence-electron chi connectivity index (χ2n) is 5.91. The molecule has 0 spiro atoms.